The van der Waals surface area contributed by atoms with Crippen molar-refractivity contribution < 1.29 is 19.5 Å². The molecule has 2 N–H and O–H groups in total. The smallest absolute Gasteiger partial charge is 0.329 e. The van der Waals surface area contributed by atoms with Gasteiger partial charge in [-0.3, -0.25) is 9.59 Å². The summed E-state index contributed by atoms with van der Waals surface area (Å²) in [7, 11) is 1.40. The van der Waals surface area contributed by atoms with Gasteiger partial charge in [-0.05, 0) is 32.9 Å². The van der Waals surface area contributed by atoms with E-state index >= 15 is 0 Å². The van der Waals surface area contributed by atoms with Crippen molar-refractivity contribution in [3.05, 3.63) is 35.4 Å². The first-order valence-electron chi connectivity index (χ1n) is 6.51. The van der Waals surface area contributed by atoms with Crippen molar-refractivity contribution in [2.24, 2.45) is 0 Å². The number of carbonyl (C=O) groups is 3. The summed E-state index contributed by atoms with van der Waals surface area (Å²) < 4.78 is 0. The molecule has 0 aliphatic carbocycles. The molecule has 2 amide bonds. The fourth-order valence-electron chi connectivity index (χ4n) is 1.62. The van der Waals surface area contributed by atoms with E-state index in [0.717, 1.165) is 10.5 Å². The van der Waals surface area contributed by atoms with Crippen molar-refractivity contribution in [3.63, 3.8) is 0 Å². The fraction of sp³-hybridized carbons (Fsp3) is 0.400. The average Bonchev–Trinajstić information content (AvgIpc) is 2.43. The number of carboxylic acids is 1. The van der Waals surface area contributed by atoms with Crippen molar-refractivity contribution >= 4 is 17.8 Å². The third kappa shape index (κ3) is 4.05. The van der Waals surface area contributed by atoms with Crippen LogP contribution in [-0.2, 0) is 9.59 Å². The van der Waals surface area contributed by atoms with Crippen molar-refractivity contribution in [1.29, 1.82) is 0 Å². The van der Waals surface area contributed by atoms with Gasteiger partial charge < -0.3 is 15.3 Å². The van der Waals surface area contributed by atoms with E-state index in [-0.39, 0.29) is 12.5 Å². The van der Waals surface area contributed by atoms with Gasteiger partial charge in [0.15, 0.2) is 0 Å². The van der Waals surface area contributed by atoms with Gasteiger partial charge in [0.25, 0.3) is 5.91 Å². The fourth-order valence-corrected chi connectivity index (χ4v) is 1.62. The molecule has 114 valence electrons. The molecule has 0 fully saturated rings. The van der Waals surface area contributed by atoms with Crippen LogP contribution in [0.15, 0.2) is 24.3 Å². The normalized spacial score (nSPS) is 10.9. The molecule has 21 heavy (non-hydrogen) atoms. The number of benzene rings is 1. The molecule has 0 bridgehead atoms. The lowest BCUT2D eigenvalue weighted by atomic mass is 10.0. The first kappa shape index (κ1) is 16.7. The first-order valence-corrected chi connectivity index (χ1v) is 6.51. The summed E-state index contributed by atoms with van der Waals surface area (Å²) >= 11 is 0. The molecule has 0 saturated carbocycles. The summed E-state index contributed by atoms with van der Waals surface area (Å²) in [6, 6.07) is 6.99. The molecule has 0 radical (unpaired) electrons. The van der Waals surface area contributed by atoms with E-state index in [2.05, 4.69) is 5.32 Å². The van der Waals surface area contributed by atoms with Crippen molar-refractivity contribution in [2.75, 3.05) is 13.6 Å². The van der Waals surface area contributed by atoms with Gasteiger partial charge >= 0.3 is 5.97 Å². The zero-order chi connectivity index (χ0) is 16.2. The number of carbonyl (C=O) groups excluding carboxylic acids is 2. The van der Waals surface area contributed by atoms with Crippen LogP contribution in [0.5, 0.6) is 0 Å². The maximum atomic E-state index is 11.9. The van der Waals surface area contributed by atoms with E-state index < -0.39 is 17.4 Å². The topological polar surface area (TPSA) is 86.7 Å². The quantitative estimate of drug-likeness (QED) is 0.849. The minimum Gasteiger partial charge on any atom is -0.480 e. The van der Waals surface area contributed by atoms with Crippen LogP contribution in [0, 0.1) is 6.92 Å². The molecule has 1 aromatic rings. The van der Waals surface area contributed by atoms with Crippen molar-refractivity contribution in [1.82, 2.24) is 10.2 Å². The number of carboxylic acid groups (broad SMARTS) is 1. The Hall–Kier alpha value is -2.37. The SMILES string of the molecule is Cc1cccc(C(=O)NCC(=O)N(C)C(C)(C)C(=O)O)c1. The molecule has 0 saturated heterocycles. The second-order valence-electron chi connectivity index (χ2n) is 5.37. The Kier molecular flexibility index (Phi) is 5.07. The summed E-state index contributed by atoms with van der Waals surface area (Å²) in [6.07, 6.45) is 0. The van der Waals surface area contributed by atoms with Gasteiger partial charge in [0.05, 0.1) is 6.54 Å². The number of hydrogen-bond donors (Lipinski definition) is 2. The minimum atomic E-state index is -1.33. The third-order valence-electron chi connectivity index (χ3n) is 3.42. The highest BCUT2D eigenvalue weighted by atomic mass is 16.4. The molecule has 0 atom stereocenters. The molecule has 6 heteroatoms. The van der Waals surface area contributed by atoms with Crippen LogP contribution in [-0.4, -0.2) is 46.9 Å². The molecule has 0 spiro atoms. The number of hydrogen-bond acceptors (Lipinski definition) is 3. The van der Waals surface area contributed by atoms with E-state index in [9.17, 15) is 14.4 Å². The largest absolute Gasteiger partial charge is 0.480 e. The molecule has 0 aliphatic heterocycles. The maximum Gasteiger partial charge on any atom is 0.329 e. The Morgan fingerprint density at radius 1 is 1.29 bits per heavy atom. The Morgan fingerprint density at radius 3 is 2.43 bits per heavy atom. The maximum absolute atomic E-state index is 11.9. The summed E-state index contributed by atoms with van der Waals surface area (Å²) in [5.41, 5.74) is 0.0755. The summed E-state index contributed by atoms with van der Waals surface area (Å²) in [5.74, 6) is -1.94. The molecular formula is C15H20N2O4. The number of nitrogens with zero attached hydrogens (tertiary/aromatic N) is 1. The number of aliphatic carboxylic acids is 1. The Bertz CT molecular complexity index is 567. The van der Waals surface area contributed by atoms with Crippen LogP contribution in [0.3, 0.4) is 0 Å². The molecule has 0 unspecified atom stereocenters. The molecule has 1 aromatic carbocycles. The number of rotatable bonds is 5. The monoisotopic (exact) mass is 292 g/mol. The van der Waals surface area contributed by atoms with Crippen LogP contribution < -0.4 is 5.32 Å². The average molecular weight is 292 g/mol. The second-order valence-corrected chi connectivity index (χ2v) is 5.37. The van der Waals surface area contributed by atoms with Crippen LogP contribution >= 0.6 is 0 Å². The highest BCUT2D eigenvalue weighted by Gasteiger charge is 2.35. The molecule has 6 nitrogen and oxygen atoms in total. The van der Waals surface area contributed by atoms with E-state index in [1.54, 1.807) is 18.2 Å². The van der Waals surface area contributed by atoms with Crippen molar-refractivity contribution in [2.45, 2.75) is 26.3 Å². The van der Waals surface area contributed by atoms with Gasteiger partial charge in [0, 0.05) is 12.6 Å². The lowest BCUT2D eigenvalue weighted by Crippen LogP contribution is -2.53. The molecule has 0 heterocycles. The van der Waals surface area contributed by atoms with Crippen LogP contribution in [0.1, 0.15) is 29.8 Å². The number of amides is 2. The predicted molar refractivity (Wildman–Crippen MR) is 78.0 cm³/mol. The molecule has 0 aliphatic rings. The van der Waals surface area contributed by atoms with Gasteiger partial charge in [-0.25, -0.2) is 4.79 Å². The molecule has 0 aromatic heterocycles. The summed E-state index contributed by atoms with van der Waals surface area (Å²) in [5, 5.41) is 11.6. The second kappa shape index (κ2) is 6.39. The molecular weight excluding hydrogens is 272 g/mol. The Morgan fingerprint density at radius 2 is 1.90 bits per heavy atom. The summed E-state index contributed by atoms with van der Waals surface area (Å²) in [6.45, 7) is 4.47. The van der Waals surface area contributed by atoms with Crippen LogP contribution in [0.2, 0.25) is 0 Å². The van der Waals surface area contributed by atoms with Gasteiger partial charge in [0.1, 0.15) is 5.54 Å². The standard InChI is InChI=1S/C15H20N2O4/c1-10-6-5-7-11(8-10)13(19)16-9-12(18)17(4)15(2,3)14(20)21/h5-8H,9H2,1-4H3,(H,16,19)(H,20,21). The van der Waals surface area contributed by atoms with Crippen LogP contribution in [0.25, 0.3) is 0 Å². The Balaban J connectivity index is 2.65. The number of likely N-dealkylation sites (N-methyl/N-ethyl adjacent to an activating group) is 1. The Labute approximate surface area is 123 Å². The van der Waals surface area contributed by atoms with Crippen LogP contribution in [0.4, 0.5) is 0 Å². The van der Waals surface area contributed by atoms with Gasteiger partial charge in [-0.2, -0.15) is 0 Å². The first-order chi connectivity index (χ1) is 9.66. The highest BCUT2D eigenvalue weighted by Crippen LogP contribution is 2.12. The van der Waals surface area contributed by atoms with E-state index in [0.29, 0.717) is 5.56 Å². The minimum absolute atomic E-state index is 0.250. The zero-order valence-corrected chi connectivity index (χ0v) is 12.6. The van der Waals surface area contributed by atoms with E-state index in [1.807, 2.05) is 13.0 Å². The van der Waals surface area contributed by atoms with E-state index in [4.69, 9.17) is 5.11 Å². The van der Waals surface area contributed by atoms with E-state index in [1.165, 1.54) is 20.9 Å². The molecule has 1 rings (SSSR count). The summed E-state index contributed by atoms with van der Waals surface area (Å²) in [4.78, 5) is 36.0. The number of nitrogens with one attached hydrogen (secondary N) is 1. The predicted octanol–water partition coefficient (Wildman–Crippen LogP) is 1.05. The zero-order valence-electron chi connectivity index (χ0n) is 12.6. The third-order valence-corrected chi connectivity index (χ3v) is 3.42. The number of aryl methyl sites for hydroxylation is 1. The van der Waals surface area contributed by atoms with Crippen molar-refractivity contribution in [3.8, 4) is 0 Å². The lowest BCUT2D eigenvalue weighted by Gasteiger charge is -2.31. The lowest BCUT2D eigenvalue weighted by molar-refractivity contribution is -0.154. The highest BCUT2D eigenvalue weighted by molar-refractivity contribution is 5.97. The van der Waals surface area contributed by atoms with Gasteiger partial charge in [-0.15, -0.1) is 0 Å². The van der Waals surface area contributed by atoms with Gasteiger partial charge in [-0.1, -0.05) is 17.7 Å². The van der Waals surface area contributed by atoms with Gasteiger partial charge in [0.2, 0.25) is 5.91 Å².